The van der Waals surface area contributed by atoms with Crippen molar-refractivity contribution in [3.8, 4) is 0 Å². The first-order valence-electron chi connectivity index (χ1n) is 6.28. The Kier molecular flexibility index (Phi) is 3.87. The van der Waals surface area contributed by atoms with E-state index in [1.54, 1.807) is 18.2 Å². The number of carbonyl (C=O) groups excluding carboxylic acids is 1. The summed E-state index contributed by atoms with van der Waals surface area (Å²) in [6, 6.07) is 5.10. The summed E-state index contributed by atoms with van der Waals surface area (Å²) in [6.45, 7) is 0.801. The molecule has 4 nitrogen and oxygen atoms in total. The molecule has 0 bridgehead atoms. The molecule has 0 spiro atoms. The molecule has 2 rings (SSSR count). The summed E-state index contributed by atoms with van der Waals surface area (Å²) < 4.78 is 0. The van der Waals surface area contributed by atoms with Gasteiger partial charge in [-0.05, 0) is 43.9 Å². The van der Waals surface area contributed by atoms with Crippen molar-refractivity contribution in [2.24, 2.45) is 5.73 Å². The third-order valence-electron chi connectivity index (χ3n) is 3.21. The number of hydrogen-bond acceptors (Lipinski definition) is 3. The molecule has 0 unspecified atom stereocenters. The van der Waals surface area contributed by atoms with Gasteiger partial charge in [-0.25, -0.2) is 0 Å². The van der Waals surface area contributed by atoms with Gasteiger partial charge in [0, 0.05) is 17.9 Å². The number of benzene rings is 1. The maximum atomic E-state index is 11.3. The fourth-order valence-electron chi connectivity index (χ4n) is 2.25. The lowest BCUT2D eigenvalue weighted by Gasteiger charge is -2.11. The van der Waals surface area contributed by atoms with Crippen molar-refractivity contribution in [3.63, 3.8) is 0 Å². The highest BCUT2D eigenvalue weighted by Crippen LogP contribution is 2.22. The maximum absolute atomic E-state index is 11.3. The molecule has 1 aliphatic carbocycles. The van der Waals surface area contributed by atoms with E-state index >= 15 is 0 Å². The van der Waals surface area contributed by atoms with Gasteiger partial charge in [-0.2, -0.15) is 0 Å². The fourth-order valence-corrected chi connectivity index (χ4v) is 2.25. The van der Waals surface area contributed by atoms with E-state index in [4.69, 9.17) is 11.5 Å². The SMILES string of the molecule is NC(=O)c1ccc(N)cc1NCCC1=CCCC1. The molecule has 0 radical (unpaired) electrons. The molecule has 4 heteroatoms. The first kappa shape index (κ1) is 12.5. The molecule has 0 saturated heterocycles. The molecule has 5 N–H and O–H groups in total. The van der Waals surface area contributed by atoms with Gasteiger partial charge in [-0.1, -0.05) is 11.6 Å². The fraction of sp³-hybridized carbons (Fsp3) is 0.357. The van der Waals surface area contributed by atoms with E-state index in [1.807, 2.05) is 0 Å². The number of carbonyl (C=O) groups is 1. The molecule has 0 saturated carbocycles. The number of nitrogen functional groups attached to an aromatic ring is 1. The standard InChI is InChI=1S/C14H19N3O/c15-11-5-6-12(14(16)18)13(9-11)17-8-7-10-3-1-2-4-10/h3,5-6,9,17H,1-2,4,7-8,15H2,(H2,16,18). The number of primary amides is 1. The molecule has 1 aromatic carbocycles. The average molecular weight is 245 g/mol. The lowest BCUT2D eigenvalue weighted by atomic mass is 10.1. The van der Waals surface area contributed by atoms with Crippen molar-refractivity contribution in [2.75, 3.05) is 17.6 Å². The summed E-state index contributed by atoms with van der Waals surface area (Å²) in [5.74, 6) is -0.433. The number of amides is 1. The van der Waals surface area contributed by atoms with E-state index in [0.717, 1.165) is 18.7 Å². The normalized spacial score (nSPS) is 14.3. The Morgan fingerprint density at radius 2 is 2.22 bits per heavy atom. The lowest BCUT2D eigenvalue weighted by molar-refractivity contribution is 0.100. The summed E-state index contributed by atoms with van der Waals surface area (Å²) in [4.78, 5) is 11.3. The molecule has 96 valence electrons. The zero-order valence-corrected chi connectivity index (χ0v) is 10.4. The van der Waals surface area contributed by atoms with Gasteiger partial charge < -0.3 is 16.8 Å². The Morgan fingerprint density at radius 3 is 2.89 bits per heavy atom. The van der Waals surface area contributed by atoms with Crippen molar-refractivity contribution in [2.45, 2.75) is 25.7 Å². The molecule has 0 aliphatic heterocycles. The summed E-state index contributed by atoms with van der Waals surface area (Å²) >= 11 is 0. The van der Waals surface area contributed by atoms with Gasteiger partial charge in [0.1, 0.15) is 0 Å². The predicted molar refractivity (Wildman–Crippen MR) is 74.4 cm³/mol. The largest absolute Gasteiger partial charge is 0.399 e. The number of rotatable bonds is 5. The van der Waals surface area contributed by atoms with Crippen molar-refractivity contribution < 1.29 is 4.79 Å². The number of nitrogens with two attached hydrogens (primary N) is 2. The molecule has 0 fully saturated rings. The van der Waals surface area contributed by atoms with Gasteiger partial charge in [0.2, 0.25) is 0 Å². The minimum atomic E-state index is -0.433. The minimum absolute atomic E-state index is 0.433. The zero-order chi connectivity index (χ0) is 13.0. The van der Waals surface area contributed by atoms with Crippen molar-refractivity contribution in [3.05, 3.63) is 35.4 Å². The third kappa shape index (κ3) is 3.03. The minimum Gasteiger partial charge on any atom is -0.399 e. The van der Waals surface area contributed by atoms with Crippen molar-refractivity contribution in [1.29, 1.82) is 0 Å². The van der Waals surface area contributed by atoms with Crippen LogP contribution < -0.4 is 16.8 Å². The maximum Gasteiger partial charge on any atom is 0.250 e. The van der Waals surface area contributed by atoms with Crippen LogP contribution in [0.15, 0.2) is 29.8 Å². The number of allylic oxidation sites excluding steroid dienone is 1. The quantitative estimate of drug-likeness (QED) is 0.550. The highest BCUT2D eigenvalue weighted by Gasteiger charge is 2.09. The highest BCUT2D eigenvalue weighted by molar-refractivity contribution is 5.99. The van der Waals surface area contributed by atoms with Crippen LogP contribution in [0.2, 0.25) is 0 Å². The second-order valence-electron chi connectivity index (χ2n) is 4.60. The molecule has 1 aromatic rings. The van der Waals surface area contributed by atoms with Crippen LogP contribution in [0.4, 0.5) is 11.4 Å². The molecular weight excluding hydrogens is 226 g/mol. The average Bonchev–Trinajstić information content (AvgIpc) is 2.82. The van der Waals surface area contributed by atoms with Crippen LogP contribution in [0.3, 0.4) is 0 Å². The molecular formula is C14H19N3O. The van der Waals surface area contributed by atoms with Gasteiger partial charge >= 0.3 is 0 Å². The van der Waals surface area contributed by atoms with Crippen LogP contribution in [0.25, 0.3) is 0 Å². The molecule has 0 aromatic heterocycles. The highest BCUT2D eigenvalue weighted by atomic mass is 16.1. The molecule has 0 atom stereocenters. The summed E-state index contributed by atoms with van der Waals surface area (Å²) in [5.41, 5.74) is 14.4. The van der Waals surface area contributed by atoms with Crippen LogP contribution in [0, 0.1) is 0 Å². The van der Waals surface area contributed by atoms with Crippen molar-refractivity contribution in [1.82, 2.24) is 0 Å². The van der Waals surface area contributed by atoms with E-state index in [0.29, 0.717) is 11.3 Å². The Balaban J connectivity index is 1.99. The molecule has 18 heavy (non-hydrogen) atoms. The molecule has 0 heterocycles. The van der Waals surface area contributed by atoms with E-state index in [9.17, 15) is 4.79 Å². The summed E-state index contributed by atoms with van der Waals surface area (Å²) in [5, 5.41) is 3.24. The predicted octanol–water partition coefficient (Wildman–Crippen LogP) is 2.28. The number of nitrogens with one attached hydrogen (secondary N) is 1. The van der Waals surface area contributed by atoms with Crippen LogP contribution in [0.5, 0.6) is 0 Å². The first-order chi connectivity index (χ1) is 8.66. The third-order valence-corrected chi connectivity index (χ3v) is 3.21. The van der Waals surface area contributed by atoms with E-state index in [2.05, 4.69) is 11.4 Å². The Hall–Kier alpha value is -1.97. The van der Waals surface area contributed by atoms with Gasteiger partial charge in [-0.3, -0.25) is 4.79 Å². The van der Waals surface area contributed by atoms with Crippen LogP contribution in [0.1, 0.15) is 36.0 Å². The zero-order valence-electron chi connectivity index (χ0n) is 10.4. The van der Waals surface area contributed by atoms with E-state index in [1.165, 1.54) is 24.8 Å². The Labute approximate surface area is 107 Å². The summed E-state index contributed by atoms with van der Waals surface area (Å²) in [7, 11) is 0. The van der Waals surface area contributed by atoms with Crippen LogP contribution >= 0.6 is 0 Å². The topological polar surface area (TPSA) is 81.1 Å². The Bertz CT molecular complexity index is 480. The Morgan fingerprint density at radius 1 is 1.39 bits per heavy atom. The van der Waals surface area contributed by atoms with Crippen LogP contribution in [-0.2, 0) is 0 Å². The molecule has 1 amide bonds. The smallest absolute Gasteiger partial charge is 0.250 e. The van der Waals surface area contributed by atoms with E-state index in [-0.39, 0.29) is 0 Å². The second kappa shape index (κ2) is 5.58. The van der Waals surface area contributed by atoms with Crippen LogP contribution in [-0.4, -0.2) is 12.5 Å². The summed E-state index contributed by atoms with van der Waals surface area (Å²) in [6.07, 6.45) is 6.96. The monoisotopic (exact) mass is 245 g/mol. The lowest BCUT2D eigenvalue weighted by Crippen LogP contribution is -2.15. The van der Waals surface area contributed by atoms with Gasteiger partial charge in [0.15, 0.2) is 0 Å². The first-order valence-corrected chi connectivity index (χ1v) is 6.28. The van der Waals surface area contributed by atoms with E-state index < -0.39 is 5.91 Å². The van der Waals surface area contributed by atoms with Gasteiger partial charge in [0.05, 0.1) is 5.56 Å². The second-order valence-corrected chi connectivity index (χ2v) is 4.60. The number of anilines is 2. The molecule has 1 aliphatic rings. The van der Waals surface area contributed by atoms with Gasteiger partial charge in [-0.15, -0.1) is 0 Å². The van der Waals surface area contributed by atoms with Crippen molar-refractivity contribution >= 4 is 17.3 Å². The van der Waals surface area contributed by atoms with Gasteiger partial charge in [0.25, 0.3) is 5.91 Å². The number of hydrogen-bond donors (Lipinski definition) is 3.